The van der Waals surface area contributed by atoms with E-state index in [4.69, 9.17) is 4.43 Å². The van der Waals surface area contributed by atoms with E-state index >= 15 is 0 Å². The Kier molecular flexibility index (Phi) is 11.0. The summed E-state index contributed by atoms with van der Waals surface area (Å²) in [7, 11) is -4.46. The summed E-state index contributed by atoms with van der Waals surface area (Å²) in [5.74, 6) is 3.43. The Balaban J connectivity index is 2.38. The average Bonchev–Trinajstić information content (AvgIpc) is 2.83. The summed E-state index contributed by atoms with van der Waals surface area (Å²) in [6.45, 7) is 25.6. The molecule has 3 atom stereocenters. The third kappa shape index (κ3) is 6.68. The van der Waals surface area contributed by atoms with Crippen LogP contribution in [0.5, 0.6) is 0 Å². The Morgan fingerprint density at radius 3 is 1.49 bits per heavy atom. The summed E-state index contributed by atoms with van der Waals surface area (Å²) in [5.41, 5.74) is 5.56. The van der Waals surface area contributed by atoms with Gasteiger partial charge < -0.3 is 9.53 Å². The van der Waals surface area contributed by atoms with Gasteiger partial charge in [-0.25, -0.2) is 0 Å². The van der Waals surface area contributed by atoms with Crippen LogP contribution in [0.2, 0.25) is 21.7 Å². The topological polar surface area (TPSA) is 29.5 Å². The van der Waals surface area contributed by atoms with Crippen molar-refractivity contribution in [2.45, 2.75) is 104 Å². The van der Waals surface area contributed by atoms with Crippen molar-refractivity contribution in [1.82, 2.24) is 0 Å². The Morgan fingerprint density at radius 1 is 0.730 bits per heavy atom. The molecule has 0 heterocycles. The molecule has 2 aromatic carbocycles. The summed E-state index contributed by atoms with van der Waals surface area (Å²) in [5, 5.41) is 13.8. The molecule has 2 rings (SSSR count). The molecule has 37 heavy (non-hydrogen) atoms. The molecule has 0 aromatic heterocycles. The molecule has 0 saturated heterocycles. The number of hydrogen-bond acceptors (Lipinski definition) is 2. The normalized spacial score (nSPS) is 15.4. The van der Waals surface area contributed by atoms with E-state index in [1.165, 1.54) is 10.4 Å². The van der Waals surface area contributed by atoms with Crippen LogP contribution in [0.3, 0.4) is 0 Å². The zero-order chi connectivity index (χ0) is 28.0. The van der Waals surface area contributed by atoms with Gasteiger partial charge >= 0.3 is 0 Å². The molecule has 1 N–H and O–H groups in total. The lowest BCUT2D eigenvalue weighted by molar-refractivity contribution is 0.0576. The third-order valence-electron chi connectivity index (χ3n) is 8.46. The SMILES string of the molecule is CC(C)[Si](C#C[C@@H](C)[C@@H](O)[C@@H](C)CO[Si](c1ccccc1)(c1ccccc1)C(C)(C)C)(C(C)C)C(C)C. The molecule has 0 aliphatic carbocycles. The van der Waals surface area contributed by atoms with Crippen LogP contribution in [0, 0.1) is 23.3 Å². The fraction of sp³-hybridized carbons (Fsp3) is 0.576. The van der Waals surface area contributed by atoms with Crippen LogP contribution in [-0.2, 0) is 4.43 Å². The van der Waals surface area contributed by atoms with Crippen LogP contribution in [0.25, 0.3) is 0 Å². The lowest BCUT2D eigenvalue weighted by atomic mass is 9.95. The molecule has 2 nitrogen and oxygen atoms in total. The predicted octanol–water partition coefficient (Wildman–Crippen LogP) is 7.42. The second-order valence-corrected chi connectivity index (χ2v) is 22.8. The highest BCUT2D eigenvalue weighted by molar-refractivity contribution is 6.99. The minimum atomic E-state index is -2.63. The molecule has 0 amide bonds. The number of aliphatic hydroxyl groups excluding tert-OH is 1. The first kappa shape index (κ1) is 31.6. The first-order valence-corrected chi connectivity index (χ1v) is 18.3. The largest absolute Gasteiger partial charge is 0.407 e. The highest BCUT2D eigenvalue weighted by atomic mass is 28.4. The van der Waals surface area contributed by atoms with E-state index in [9.17, 15) is 5.11 Å². The fourth-order valence-corrected chi connectivity index (χ4v) is 16.4. The molecule has 0 bridgehead atoms. The fourth-order valence-electron chi connectivity index (χ4n) is 6.37. The van der Waals surface area contributed by atoms with Crippen molar-refractivity contribution in [2.24, 2.45) is 11.8 Å². The predicted molar refractivity (Wildman–Crippen MR) is 167 cm³/mol. The molecule has 0 radical (unpaired) electrons. The quantitative estimate of drug-likeness (QED) is 0.253. The van der Waals surface area contributed by atoms with Crippen molar-refractivity contribution in [1.29, 1.82) is 0 Å². The van der Waals surface area contributed by atoms with Crippen molar-refractivity contribution in [3.05, 3.63) is 60.7 Å². The Morgan fingerprint density at radius 2 is 1.14 bits per heavy atom. The lowest BCUT2D eigenvalue weighted by Crippen LogP contribution is -2.67. The van der Waals surface area contributed by atoms with E-state index in [2.05, 4.69) is 148 Å². The van der Waals surface area contributed by atoms with E-state index in [0.29, 0.717) is 23.2 Å². The first-order valence-electron chi connectivity index (χ1n) is 14.2. The van der Waals surface area contributed by atoms with Crippen LogP contribution in [-0.4, -0.2) is 34.2 Å². The van der Waals surface area contributed by atoms with Gasteiger partial charge in [0.15, 0.2) is 0 Å². The van der Waals surface area contributed by atoms with Gasteiger partial charge in [0.2, 0.25) is 0 Å². The maximum Gasteiger partial charge on any atom is 0.261 e. The van der Waals surface area contributed by atoms with Gasteiger partial charge in [-0.3, -0.25) is 0 Å². The monoisotopic (exact) mass is 536 g/mol. The molecule has 0 unspecified atom stereocenters. The Bertz CT molecular complexity index is 952. The van der Waals surface area contributed by atoms with E-state index in [-0.39, 0.29) is 16.9 Å². The van der Waals surface area contributed by atoms with Crippen molar-refractivity contribution in [3.8, 4) is 11.5 Å². The molecule has 0 saturated carbocycles. The minimum Gasteiger partial charge on any atom is -0.407 e. The molecule has 0 aliphatic heterocycles. The van der Waals surface area contributed by atoms with Crippen LogP contribution in [0.15, 0.2) is 60.7 Å². The summed E-state index contributed by atoms with van der Waals surface area (Å²) in [4.78, 5) is 0. The van der Waals surface area contributed by atoms with Gasteiger partial charge in [0.1, 0.15) is 8.07 Å². The van der Waals surface area contributed by atoms with E-state index < -0.39 is 22.5 Å². The standard InChI is InChI=1S/C33H52O2Si2/c1-25(2)36(26(3)4,27(5)6)23-22-28(7)32(34)29(8)24-35-37(33(9,10)11,30-18-14-12-15-19-30)31-20-16-13-17-21-31/h12-21,25-29,32,34H,24H2,1-11H3/t28-,29+,32-/m1/s1. The van der Waals surface area contributed by atoms with Gasteiger partial charge in [0, 0.05) is 18.4 Å². The van der Waals surface area contributed by atoms with Gasteiger partial charge in [0.25, 0.3) is 8.32 Å². The number of aliphatic hydroxyl groups is 1. The molecule has 0 aliphatic rings. The zero-order valence-corrected chi connectivity index (χ0v) is 27.3. The van der Waals surface area contributed by atoms with Crippen LogP contribution >= 0.6 is 0 Å². The van der Waals surface area contributed by atoms with Gasteiger partial charge in [-0.15, -0.1) is 11.5 Å². The summed E-state index contributed by atoms with van der Waals surface area (Å²) >= 11 is 0. The molecule has 0 spiro atoms. The number of rotatable bonds is 10. The highest BCUT2D eigenvalue weighted by Gasteiger charge is 2.50. The molecule has 204 valence electrons. The van der Waals surface area contributed by atoms with Gasteiger partial charge in [0.05, 0.1) is 6.10 Å². The van der Waals surface area contributed by atoms with Crippen LogP contribution in [0.4, 0.5) is 0 Å². The number of hydrogen-bond donors (Lipinski definition) is 1. The van der Waals surface area contributed by atoms with Gasteiger partial charge in [-0.05, 0) is 39.0 Å². The molecular formula is C33H52O2Si2. The molecule has 4 heteroatoms. The minimum absolute atomic E-state index is 0.0285. The molecule has 0 fully saturated rings. The maximum atomic E-state index is 11.4. The summed E-state index contributed by atoms with van der Waals surface area (Å²) in [6, 6.07) is 21.4. The van der Waals surface area contributed by atoms with Crippen molar-refractivity contribution >= 4 is 26.8 Å². The second-order valence-electron chi connectivity index (χ2n) is 12.9. The summed E-state index contributed by atoms with van der Waals surface area (Å²) in [6.07, 6.45) is -0.538. The van der Waals surface area contributed by atoms with E-state index in [1.807, 2.05) is 0 Å². The van der Waals surface area contributed by atoms with Gasteiger partial charge in [-0.2, -0.15) is 0 Å². The maximum absolute atomic E-state index is 11.4. The Hall–Kier alpha value is -1.65. The van der Waals surface area contributed by atoms with E-state index in [1.54, 1.807) is 0 Å². The zero-order valence-electron chi connectivity index (χ0n) is 25.3. The van der Waals surface area contributed by atoms with Crippen molar-refractivity contribution in [2.75, 3.05) is 6.61 Å². The third-order valence-corrected chi connectivity index (χ3v) is 19.8. The Labute approximate surface area is 230 Å². The van der Waals surface area contributed by atoms with Crippen LogP contribution in [0.1, 0.15) is 76.2 Å². The smallest absolute Gasteiger partial charge is 0.261 e. The van der Waals surface area contributed by atoms with Crippen LogP contribution < -0.4 is 10.4 Å². The van der Waals surface area contributed by atoms with E-state index in [0.717, 1.165) is 0 Å². The lowest BCUT2D eigenvalue weighted by Gasteiger charge is -2.44. The second kappa shape index (κ2) is 12.9. The molecule has 2 aromatic rings. The highest BCUT2D eigenvalue weighted by Crippen LogP contribution is 2.41. The average molecular weight is 537 g/mol. The number of benzene rings is 2. The summed E-state index contributed by atoms with van der Waals surface area (Å²) < 4.78 is 7.10. The van der Waals surface area contributed by atoms with Gasteiger partial charge in [-0.1, -0.05) is 130 Å². The first-order chi connectivity index (χ1) is 17.2. The van der Waals surface area contributed by atoms with Crippen molar-refractivity contribution < 1.29 is 9.53 Å². The van der Waals surface area contributed by atoms with Crippen molar-refractivity contribution in [3.63, 3.8) is 0 Å². The molecular weight excluding hydrogens is 485 g/mol.